The van der Waals surface area contributed by atoms with Gasteiger partial charge in [-0.1, -0.05) is 36.7 Å². The molecule has 4 nitrogen and oxygen atoms in total. The Morgan fingerprint density at radius 2 is 1.96 bits per heavy atom. The molecular formula is C17H21ClF3N3O. The van der Waals surface area contributed by atoms with Crippen LogP contribution in [0.3, 0.4) is 0 Å². The van der Waals surface area contributed by atoms with Gasteiger partial charge < -0.3 is 10.8 Å². The molecule has 0 aliphatic rings. The van der Waals surface area contributed by atoms with Crippen molar-refractivity contribution in [2.24, 2.45) is 11.7 Å². The van der Waals surface area contributed by atoms with Crippen LogP contribution in [0.2, 0.25) is 5.02 Å². The molecule has 3 N–H and O–H groups in total. The number of halogens is 4. The van der Waals surface area contributed by atoms with Crippen molar-refractivity contribution in [3.8, 4) is 6.07 Å². The summed E-state index contributed by atoms with van der Waals surface area (Å²) in [5, 5.41) is 19.8. The van der Waals surface area contributed by atoms with Gasteiger partial charge in [-0.3, -0.25) is 4.90 Å². The van der Waals surface area contributed by atoms with Gasteiger partial charge in [0.1, 0.15) is 0 Å². The van der Waals surface area contributed by atoms with Gasteiger partial charge in [0, 0.05) is 22.7 Å². The fourth-order valence-electron chi connectivity index (χ4n) is 2.32. The third-order valence-corrected chi connectivity index (χ3v) is 4.16. The minimum Gasteiger partial charge on any atom is -0.364 e. The Hall–Kier alpha value is -1.59. The first-order valence-corrected chi connectivity index (χ1v) is 8.01. The van der Waals surface area contributed by atoms with Crippen LogP contribution in [-0.4, -0.2) is 36.3 Å². The lowest BCUT2D eigenvalue weighted by atomic mass is 9.99. The van der Waals surface area contributed by atoms with E-state index in [4.69, 9.17) is 22.6 Å². The standard InChI is InChI=1S/C17H21ClF3N3O/c1-12(10-22)9-13(11-23)7-8-24(2)16(25,17(19,20)21)14-3-5-15(18)6-4-14/h3-6,9,12,25H,7-8,10,22H2,1-2H3/b13-9+. The van der Waals surface area contributed by atoms with Gasteiger partial charge in [0.25, 0.3) is 0 Å². The Morgan fingerprint density at radius 3 is 2.40 bits per heavy atom. The molecule has 0 aliphatic heterocycles. The van der Waals surface area contributed by atoms with Gasteiger partial charge in [-0.2, -0.15) is 18.4 Å². The summed E-state index contributed by atoms with van der Waals surface area (Å²) in [6.45, 7) is 1.97. The molecule has 1 aromatic rings. The lowest BCUT2D eigenvalue weighted by Crippen LogP contribution is -2.55. The maximum absolute atomic E-state index is 13.6. The molecule has 2 unspecified atom stereocenters. The van der Waals surface area contributed by atoms with Crippen molar-refractivity contribution in [2.75, 3.05) is 20.1 Å². The van der Waals surface area contributed by atoms with Gasteiger partial charge in [-0.15, -0.1) is 0 Å². The van der Waals surface area contributed by atoms with E-state index >= 15 is 0 Å². The topological polar surface area (TPSA) is 73.3 Å². The molecule has 0 amide bonds. The first-order valence-electron chi connectivity index (χ1n) is 7.63. The molecule has 0 saturated heterocycles. The van der Waals surface area contributed by atoms with Crippen LogP contribution in [0.5, 0.6) is 0 Å². The van der Waals surface area contributed by atoms with Crippen molar-refractivity contribution in [1.29, 1.82) is 5.26 Å². The van der Waals surface area contributed by atoms with Gasteiger partial charge in [0.15, 0.2) is 0 Å². The zero-order valence-electron chi connectivity index (χ0n) is 14.0. The quantitative estimate of drug-likeness (QED) is 0.565. The zero-order chi connectivity index (χ0) is 19.3. The molecule has 0 spiro atoms. The minimum absolute atomic E-state index is 0.0577. The van der Waals surface area contributed by atoms with Crippen LogP contribution in [0.1, 0.15) is 18.9 Å². The molecule has 1 rings (SSSR count). The predicted molar refractivity (Wildman–Crippen MR) is 90.6 cm³/mol. The Kier molecular flexibility index (Phi) is 7.44. The average Bonchev–Trinajstić information content (AvgIpc) is 2.56. The van der Waals surface area contributed by atoms with E-state index in [1.54, 1.807) is 13.0 Å². The van der Waals surface area contributed by atoms with E-state index in [0.717, 1.165) is 24.1 Å². The molecule has 0 fully saturated rings. The number of aliphatic hydroxyl groups is 1. The molecule has 0 saturated carbocycles. The van der Waals surface area contributed by atoms with Crippen LogP contribution in [0.15, 0.2) is 35.9 Å². The van der Waals surface area contributed by atoms with E-state index in [1.807, 2.05) is 6.07 Å². The summed E-state index contributed by atoms with van der Waals surface area (Å²) >= 11 is 5.71. The molecule has 0 aliphatic carbocycles. The third kappa shape index (κ3) is 5.19. The van der Waals surface area contributed by atoms with Crippen molar-refractivity contribution >= 4 is 11.6 Å². The van der Waals surface area contributed by atoms with E-state index in [1.165, 1.54) is 12.1 Å². The zero-order valence-corrected chi connectivity index (χ0v) is 14.8. The summed E-state index contributed by atoms with van der Waals surface area (Å²) in [4.78, 5) is 0.772. The van der Waals surface area contributed by atoms with E-state index in [-0.39, 0.29) is 29.5 Å². The smallest absolute Gasteiger partial charge is 0.364 e. The number of hydrogen-bond donors (Lipinski definition) is 2. The van der Waals surface area contributed by atoms with Crippen LogP contribution in [0.4, 0.5) is 13.2 Å². The summed E-state index contributed by atoms with van der Waals surface area (Å²) in [5.41, 5.74) is 2.28. The summed E-state index contributed by atoms with van der Waals surface area (Å²) < 4.78 is 40.8. The largest absolute Gasteiger partial charge is 0.435 e. The van der Waals surface area contributed by atoms with Crippen molar-refractivity contribution in [2.45, 2.75) is 25.2 Å². The van der Waals surface area contributed by atoms with Crippen LogP contribution >= 0.6 is 11.6 Å². The summed E-state index contributed by atoms with van der Waals surface area (Å²) in [6.07, 6.45) is -3.25. The highest BCUT2D eigenvalue weighted by Gasteiger charge is 2.57. The van der Waals surface area contributed by atoms with E-state index in [2.05, 4.69) is 0 Å². The minimum atomic E-state index is -4.93. The van der Waals surface area contributed by atoms with Crippen LogP contribution in [0, 0.1) is 17.2 Å². The fraction of sp³-hybridized carbons (Fsp3) is 0.471. The molecule has 1 aromatic carbocycles. The summed E-state index contributed by atoms with van der Waals surface area (Å²) in [5.74, 6) is -0.0577. The second kappa shape index (κ2) is 8.68. The molecule has 0 aromatic heterocycles. The number of alkyl halides is 3. The maximum Gasteiger partial charge on any atom is 0.435 e. The molecular weight excluding hydrogens is 355 g/mol. The third-order valence-electron chi connectivity index (χ3n) is 3.91. The lowest BCUT2D eigenvalue weighted by molar-refractivity contribution is -0.320. The number of nitriles is 1. The van der Waals surface area contributed by atoms with E-state index in [9.17, 15) is 18.3 Å². The van der Waals surface area contributed by atoms with Crippen molar-refractivity contribution in [3.05, 3.63) is 46.5 Å². The number of nitrogens with two attached hydrogens (primary N) is 1. The number of nitrogens with zero attached hydrogens (tertiary/aromatic N) is 2. The predicted octanol–water partition coefficient (Wildman–Crippen LogP) is 3.41. The monoisotopic (exact) mass is 375 g/mol. The maximum atomic E-state index is 13.6. The fourth-order valence-corrected chi connectivity index (χ4v) is 2.45. The lowest BCUT2D eigenvalue weighted by Gasteiger charge is -2.38. The number of hydrogen-bond acceptors (Lipinski definition) is 4. The van der Waals surface area contributed by atoms with Gasteiger partial charge in [0.05, 0.1) is 6.07 Å². The normalized spacial score (nSPS) is 16.4. The molecule has 0 radical (unpaired) electrons. The Morgan fingerprint density at radius 1 is 1.40 bits per heavy atom. The summed E-state index contributed by atoms with van der Waals surface area (Å²) in [7, 11) is 1.16. The Bertz CT molecular complexity index is 640. The first kappa shape index (κ1) is 21.5. The molecule has 25 heavy (non-hydrogen) atoms. The molecule has 138 valence electrons. The Labute approximate surface area is 150 Å². The second-order valence-electron chi connectivity index (χ2n) is 5.87. The molecule has 2 atom stereocenters. The van der Waals surface area contributed by atoms with Crippen molar-refractivity contribution in [1.82, 2.24) is 4.90 Å². The van der Waals surface area contributed by atoms with Crippen LogP contribution < -0.4 is 5.73 Å². The van der Waals surface area contributed by atoms with Crippen molar-refractivity contribution in [3.63, 3.8) is 0 Å². The number of rotatable bonds is 7. The highest BCUT2D eigenvalue weighted by Crippen LogP contribution is 2.41. The van der Waals surface area contributed by atoms with Crippen molar-refractivity contribution < 1.29 is 18.3 Å². The number of benzene rings is 1. The van der Waals surface area contributed by atoms with Crippen LogP contribution in [-0.2, 0) is 5.72 Å². The highest BCUT2D eigenvalue weighted by molar-refractivity contribution is 6.30. The summed E-state index contributed by atoms with van der Waals surface area (Å²) in [6, 6.07) is 6.78. The van der Waals surface area contributed by atoms with Crippen LogP contribution in [0.25, 0.3) is 0 Å². The van der Waals surface area contributed by atoms with Gasteiger partial charge in [-0.05, 0) is 38.1 Å². The highest BCUT2D eigenvalue weighted by atomic mass is 35.5. The molecule has 0 heterocycles. The second-order valence-corrected chi connectivity index (χ2v) is 6.30. The SMILES string of the molecule is CC(/C=C(/C#N)CCN(C)C(O)(c1ccc(Cl)cc1)C(F)(F)F)CN. The molecule has 0 bridgehead atoms. The van der Waals surface area contributed by atoms with Gasteiger partial charge >= 0.3 is 6.18 Å². The van der Waals surface area contributed by atoms with Gasteiger partial charge in [-0.25, -0.2) is 0 Å². The average molecular weight is 376 g/mol. The van der Waals surface area contributed by atoms with Gasteiger partial charge in [0.2, 0.25) is 5.72 Å². The Balaban J connectivity index is 3.07. The van der Waals surface area contributed by atoms with E-state index in [0.29, 0.717) is 12.1 Å². The van der Waals surface area contributed by atoms with E-state index < -0.39 is 11.9 Å². The first-order chi connectivity index (χ1) is 11.6. The molecule has 8 heteroatoms.